The van der Waals surface area contributed by atoms with E-state index in [9.17, 15) is 4.79 Å². The molecule has 1 aliphatic rings. The zero-order valence-corrected chi connectivity index (χ0v) is 14.9. The van der Waals surface area contributed by atoms with Gasteiger partial charge in [0, 0.05) is 18.1 Å². The molecule has 126 valence electrons. The van der Waals surface area contributed by atoms with Gasteiger partial charge in [0.05, 0.1) is 22.6 Å². The molecular formula is C18H19Cl2N3O. The molecule has 1 amide bonds. The van der Waals surface area contributed by atoms with Gasteiger partial charge < -0.3 is 10.2 Å². The summed E-state index contributed by atoms with van der Waals surface area (Å²) >= 11 is 11.9. The molecule has 0 bridgehead atoms. The van der Waals surface area contributed by atoms with Gasteiger partial charge in [0.2, 0.25) is 0 Å². The number of nitrogens with one attached hydrogen (secondary N) is 1. The van der Waals surface area contributed by atoms with Crippen LogP contribution in [0.3, 0.4) is 0 Å². The largest absolute Gasteiger partial charge is 0.370 e. The zero-order chi connectivity index (χ0) is 17.1. The van der Waals surface area contributed by atoms with Crippen molar-refractivity contribution in [2.75, 3.05) is 23.3 Å². The summed E-state index contributed by atoms with van der Waals surface area (Å²) in [6, 6.07) is 8.63. The number of hydrogen-bond donors (Lipinski definition) is 1. The lowest BCUT2D eigenvalue weighted by Gasteiger charge is -2.32. The first-order valence-corrected chi connectivity index (χ1v) is 8.76. The van der Waals surface area contributed by atoms with Gasteiger partial charge in [0.1, 0.15) is 5.69 Å². The van der Waals surface area contributed by atoms with Crippen LogP contribution in [0.15, 0.2) is 36.5 Å². The Morgan fingerprint density at radius 3 is 2.79 bits per heavy atom. The summed E-state index contributed by atoms with van der Waals surface area (Å²) in [5.74, 6) is 0.395. The van der Waals surface area contributed by atoms with Gasteiger partial charge in [-0.3, -0.25) is 4.79 Å². The monoisotopic (exact) mass is 363 g/mol. The van der Waals surface area contributed by atoms with E-state index in [1.807, 2.05) is 6.07 Å². The SMILES string of the molecule is CC1CCCN(c2ccc(C(=O)Nc3ccc(Cl)cc3Cl)nc2)C1. The molecule has 1 aromatic heterocycles. The Kier molecular flexibility index (Phi) is 5.27. The van der Waals surface area contributed by atoms with Gasteiger partial charge in [-0.1, -0.05) is 30.1 Å². The summed E-state index contributed by atoms with van der Waals surface area (Å²) in [5, 5.41) is 3.68. The van der Waals surface area contributed by atoms with Crippen molar-refractivity contribution in [3.8, 4) is 0 Å². The van der Waals surface area contributed by atoms with Crippen molar-refractivity contribution in [1.82, 2.24) is 4.98 Å². The number of nitrogens with zero attached hydrogens (tertiary/aromatic N) is 2. The predicted octanol–water partition coefficient (Wildman–Crippen LogP) is 4.88. The van der Waals surface area contributed by atoms with Crippen molar-refractivity contribution in [2.45, 2.75) is 19.8 Å². The minimum atomic E-state index is -0.294. The van der Waals surface area contributed by atoms with Crippen LogP contribution in [0.4, 0.5) is 11.4 Å². The topological polar surface area (TPSA) is 45.2 Å². The standard InChI is InChI=1S/C18H19Cl2N3O/c1-12-3-2-8-23(11-12)14-5-7-17(21-10-14)18(24)22-16-6-4-13(19)9-15(16)20/h4-7,9-10,12H,2-3,8,11H2,1H3,(H,22,24). The molecule has 3 rings (SSSR count). The van der Waals surface area contributed by atoms with Crippen LogP contribution in [-0.4, -0.2) is 24.0 Å². The number of anilines is 2. The number of benzene rings is 1. The molecule has 2 aromatic rings. The molecule has 1 unspecified atom stereocenters. The van der Waals surface area contributed by atoms with Crippen LogP contribution in [0.1, 0.15) is 30.3 Å². The van der Waals surface area contributed by atoms with Gasteiger partial charge in [0.15, 0.2) is 0 Å². The number of aromatic nitrogens is 1. The van der Waals surface area contributed by atoms with E-state index in [4.69, 9.17) is 23.2 Å². The van der Waals surface area contributed by atoms with E-state index < -0.39 is 0 Å². The highest BCUT2D eigenvalue weighted by molar-refractivity contribution is 6.36. The Morgan fingerprint density at radius 2 is 2.12 bits per heavy atom. The second-order valence-corrected chi connectivity index (χ2v) is 7.02. The maximum atomic E-state index is 12.3. The van der Waals surface area contributed by atoms with E-state index in [0.29, 0.717) is 27.3 Å². The average Bonchev–Trinajstić information content (AvgIpc) is 2.57. The second-order valence-electron chi connectivity index (χ2n) is 6.17. The molecule has 1 saturated heterocycles. The van der Waals surface area contributed by atoms with Crippen molar-refractivity contribution in [3.63, 3.8) is 0 Å². The first-order chi connectivity index (χ1) is 11.5. The van der Waals surface area contributed by atoms with Crippen LogP contribution in [0.2, 0.25) is 10.0 Å². The Bertz CT molecular complexity index is 734. The van der Waals surface area contributed by atoms with Crippen LogP contribution in [-0.2, 0) is 0 Å². The number of pyridine rings is 1. The van der Waals surface area contributed by atoms with E-state index in [2.05, 4.69) is 22.1 Å². The maximum Gasteiger partial charge on any atom is 0.274 e. The molecule has 0 aliphatic carbocycles. The summed E-state index contributed by atoms with van der Waals surface area (Å²) in [4.78, 5) is 18.9. The van der Waals surface area contributed by atoms with Crippen molar-refractivity contribution in [1.29, 1.82) is 0 Å². The first kappa shape index (κ1) is 17.1. The Balaban J connectivity index is 1.69. The van der Waals surface area contributed by atoms with Crippen molar-refractivity contribution in [3.05, 3.63) is 52.3 Å². The summed E-state index contributed by atoms with van der Waals surface area (Å²) < 4.78 is 0. The number of carbonyl (C=O) groups is 1. The summed E-state index contributed by atoms with van der Waals surface area (Å²) in [6.07, 6.45) is 4.22. The molecule has 1 aromatic carbocycles. The van der Waals surface area contributed by atoms with Crippen molar-refractivity contribution >= 4 is 40.5 Å². The number of hydrogen-bond acceptors (Lipinski definition) is 3. The lowest BCUT2D eigenvalue weighted by atomic mass is 10.00. The van der Waals surface area contributed by atoms with E-state index in [0.717, 1.165) is 18.8 Å². The summed E-state index contributed by atoms with van der Waals surface area (Å²) in [5.41, 5.74) is 1.93. The molecular weight excluding hydrogens is 345 g/mol. The van der Waals surface area contributed by atoms with Crippen LogP contribution < -0.4 is 10.2 Å². The minimum absolute atomic E-state index is 0.294. The van der Waals surface area contributed by atoms with Gasteiger partial charge in [-0.2, -0.15) is 0 Å². The molecule has 1 fully saturated rings. The first-order valence-electron chi connectivity index (χ1n) is 8.00. The lowest BCUT2D eigenvalue weighted by molar-refractivity contribution is 0.102. The summed E-state index contributed by atoms with van der Waals surface area (Å²) in [6.45, 7) is 4.34. The molecule has 1 N–H and O–H groups in total. The van der Waals surface area contributed by atoms with Crippen LogP contribution >= 0.6 is 23.2 Å². The number of amides is 1. The lowest BCUT2D eigenvalue weighted by Crippen LogP contribution is -2.34. The van der Waals surface area contributed by atoms with E-state index in [-0.39, 0.29) is 5.91 Å². The van der Waals surface area contributed by atoms with Gasteiger partial charge in [-0.25, -0.2) is 4.98 Å². The predicted molar refractivity (Wildman–Crippen MR) is 99.3 cm³/mol. The molecule has 0 radical (unpaired) electrons. The molecule has 2 heterocycles. The number of rotatable bonds is 3. The fourth-order valence-corrected chi connectivity index (χ4v) is 3.36. The molecule has 1 atom stereocenters. The number of piperidine rings is 1. The normalized spacial score (nSPS) is 17.6. The second kappa shape index (κ2) is 7.41. The van der Waals surface area contributed by atoms with Gasteiger partial charge in [0.25, 0.3) is 5.91 Å². The third kappa shape index (κ3) is 4.00. The Hall–Kier alpha value is -1.78. The summed E-state index contributed by atoms with van der Waals surface area (Å²) in [7, 11) is 0. The Morgan fingerprint density at radius 1 is 1.29 bits per heavy atom. The van der Waals surface area contributed by atoms with Gasteiger partial charge in [-0.15, -0.1) is 0 Å². The highest BCUT2D eigenvalue weighted by atomic mass is 35.5. The van der Waals surface area contributed by atoms with Crippen LogP contribution in [0.25, 0.3) is 0 Å². The fraction of sp³-hybridized carbons (Fsp3) is 0.333. The smallest absolute Gasteiger partial charge is 0.274 e. The molecule has 0 saturated carbocycles. The highest BCUT2D eigenvalue weighted by Gasteiger charge is 2.17. The van der Waals surface area contributed by atoms with Crippen molar-refractivity contribution in [2.24, 2.45) is 5.92 Å². The van der Waals surface area contributed by atoms with Crippen LogP contribution in [0, 0.1) is 5.92 Å². The van der Waals surface area contributed by atoms with Gasteiger partial charge in [-0.05, 0) is 49.1 Å². The molecule has 0 spiro atoms. The van der Waals surface area contributed by atoms with Crippen LogP contribution in [0.5, 0.6) is 0 Å². The Labute approximate surface area is 151 Å². The maximum absolute atomic E-state index is 12.3. The average molecular weight is 364 g/mol. The molecule has 4 nitrogen and oxygen atoms in total. The van der Waals surface area contributed by atoms with E-state index in [1.54, 1.807) is 30.5 Å². The zero-order valence-electron chi connectivity index (χ0n) is 13.4. The molecule has 1 aliphatic heterocycles. The third-order valence-corrected chi connectivity index (χ3v) is 4.73. The fourth-order valence-electron chi connectivity index (χ4n) is 2.91. The molecule has 6 heteroatoms. The van der Waals surface area contributed by atoms with E-state index in [1.165, 1.54) is 12.8 Å². The van der Waals surface area contributed by atoms with Gasteiger partial charge >= 0.3 is 0 Å². The number of carbonyl (C=O) groups excluding carboxylic acids is 1. The quantitative estimate of drug-likeness (QED) is 0.845. The third-order valence-electron chi connectivity index (χ3n) is 4.18. The van der Waals surface area contributed by atoms with Crippen molar-refractivity contribution < 1.29 is 4.79 Å². The minimum Gasteiger partial charge on any atom is -0.370 e. The molecule has 24 heavy (non-hydrogen) atoms. The van der Waals surface area contributed by atoms with E-state index >= 15 is 0 Å². The number of halogens is 2. The highest BCUT2D eigenvalue weighted by Crippen LogP contribution is 2.26.